The molecule has 2 rings (SSSR count). The Kier molecular flexibility index (Phi) is 3.76. The van der Waals surface area contributed by atoms with Gasteiger partial charge in [-0.1, -0.05) is 24.1 Å². The van der Waals surface area contributed by atoms with Crippen molar-refractivity contribution < 1.29 is 9.53 Å². The Hall–Kier alpha value is -0.270. The van der Waals surface area contributed by atoms with E-state index in [2.05, 4.69) is 22.6 Å². The second-order valence-electron chi connectivity index (χ2n) is 3.50. The van der Waals surface area contributed by atoms with Gasteiger partial charge in [-0.05, 0) is 40.3 Å². The fourth-order valence-corrected chi connectivity index (χ4v) is 2.94. The van der Waals surface area contributed by atoms with Gasteiger partial charge < -0.3 is 4.74 Å². The van der Waals surface area contributed by atoms with Gasteiger partial charge in [0.15, 0.2) is 6.10 Å². The highest BCUT2D eigenvalue weighted by Crippen LogP contribution is 2.40. The fourth-order valence-electron chi connectivity index (χ4n) is 1.84. The zero-order valence-corrected chi connectivity index (χ0v) is 12.0. The summed E-state index contributed by atoms with van der Waals surface area (Å²) in [6, 6.07) is 8.24. The predicted molar refractivity (Wildman–Crippen MR) is 73.1 cm³/mol. The molecule has 1 saturated heterocycles. The minimum absolute atomic E-state index is 0.0458. The smallest absolute Gasteiger partial charge is 0.264 e. The largest absolute Gasteiger partial charge is 0.369 e. The van der Waals surface area contributed by atoms with E-state index in [0.29, 0.717) is 0 Å². The third-order valence-corrected chi connectivity index (χ3v) is 4.18. The van der Waals surface area contributed by atoms with E-state index in [0.717, 1.165) is 5.56 Å². The number of rotatable bonds is 3. The lowest BCUT2D eigenvalue weighted by Crippen LogP contribution is -2.55. The van der Waals surface area contributed by atoms with Crippen molar-refractivity contribution in [3.8, 4) is 0 Å². The summed E-state index contributed by atoms with van der Waals surface area (Å²) >= 11 is 3.71. The highest BCUT2D eigenvalue weighted by atomic mass is 127. The van der Waals surface area contributed by atoms with Crippen molar-refractivity contribution in [1.29, 1.82) is 0 Å². The number of amides is 1. The van der Waals surface area contributed by atoms with Crippen LogP contribution in [0.5, 0.6) is 0 Å². The number of β-lactam (4-membered cyclic amide) rings is 1. The second kappa shape index (κ2) is 4.93. The molecule has 0 unspecified atom stereocenters. The van der Waals surface area contributed by atoms with E-state index in [1.165, 1.54) is 15.5 Å². The minimum atomic E-state index is -0.326. The molecule has 2 atom stereocenters. The van der Waals surface area contributed by atoms with E-state index < -0.39 is 0 Å². The molecule has 86 valence electrons. The number of nitrogens with zero attached hydrogens (tertiary/aromatic N) is 1. The summed E-state index contributed by atoms with van der Waals surface area (Å²) in [5.74, 6) is 0.0542. The average molecular weight is 349 g/mol. The van der Waals surface area contributed by atoms with Crippen LogP contribution < -0.4 is 0 Å². The van der Waals surface area contributed by atoms with E-state index in [1.54, 1.807) is 11.4 Å². The predicted octanol–water partition coefficient (Wildman–Crippen LogP) is 2.47. The van der Waals surface area contributed by atoms with Gasteiger partial charge in [-0.15, -0.1) is 0 Å². The Morgan fingerprint density at radius 2 is 2.00 bits per heavy atom. The van der Waals surface area contributed by atoms with Gasteiger partial charge in [-0.25, -0.2) is 0 Å². The Bertz CT molecular complexity index is 381. The maximum atomic E-state index is 11.7. The van der Waals surface area contributed by atoms with Crippen LogP contribution in [0.1, 0.15) is 11.6 Å². The summed E-state index contributed by atoms with van der Waals surface area (Å²) in [4.78, 5) is 11.7. The zero-order chi connectivity index (χ0) is 11.7. The molecule has 5 heteroatoms. The number of methoxy groups -OCH3 is 1. The number of hydrogen-bond acceptors (Lipinski definition) is 3. The minimum Gasteiger partial charge on any atom is -0.369 e. The molecule has 0 N–H and O–H groups in total. The third-order valence-electron chi connectivity index (χ3n) is 2.66. The first-order chi connectivity index (χ1) is 7.69. The highest BCUT2D eigenvalue weighted by Gasteiger charge is 2.48. The van der Waals surface area contributed by atoms with Gasteiger partial charge in [0.2, 0.25) is 0 Å². The van der Waals surface area contributed by atoms with Crippen LogP contribution in [0.25, 0.3) is 0 Å². The molecule has 0 aromatic heterocycles. The van der Waals surface area contributed by atoms with Gasteiger partial charge >= 0.3 is 0 Å². The first kappa shape index (κ1) is 12.2. The molecule has 0 spiro atoms. The summed E-state index contributed by atoms with van der Waals surface area (Å²) < 4.78 is 8.17. The van der Waals surface area contributed by atoms with E-state index in [4.69, 9.17) is 4.74 Å². The Morgan fingerprint density at radius 3 is 2.50 bits per heavy atom. The van der Waals surface area contributed by atoms with Gasteiger partial charge in [0.25, 0.3) is 5.91 Å². The zero-order valence-electron chi connectivity index (χ0n) is 9.01. The molecular formula is C11H12INO2S. The SMILES string of the molecule is CO[C@H]1C(=O)N(SC)[C@H]1c1ccc(I)cc1. The van der Waals surface area contributed by atoms with Gasteiger partial charge in [0.05, 0.1) is 0 Å². The molecule has 3 nitrogen and oxygen atoms in total. The number of benzene rings is 1. The third kappa shape index (κ3) is 1.96. The monoisotopic (exact) mass is 349 g/mol. The lowest BCUT2D eigenvalue weighted by molar-refractivity contribution is -0.158. The van der Waals surface area contributed by atoms with Gasteiger partial charge in [-0.2, -0.15) is 0 Å². The number of ether oxygens (including phenoxy) is 1. The van der Waals surface area contributed by atoms with E-state index in [9.17, 15) is 4.79 Å². The Balaban J connectivity index is 2.25. The van der Waals surface area contributed by atoms with Crippen molar-refractivity contribution in [3.63, 3.8) is 0 Å². The standard InChI is InChI=1S/C11H12INO2S/c1-15-10-9(13(16-2)11(10)14)7-3-5-8(12)6-4-7/h3-6,9-10H,1-2H3/t9-,10+/m0/s1. The molecule has 1 aliphatic heterocycles. The molecule has 1 aromatic rings. The molecule has 0 saturated carbocycles. The van der Waals surface area contributed by atoms with Crippen molar-refractivity contribution in [2.75, 3.05) is 13.4 Å². The van der Waals surface area contributed by atoms with Crippen molar-refractivity contribution in [1.82, 2.24) is 4.31 Å². The van der Waals surface area contributed by atoms with Crippen molar-refractivity contribution in [2.24, 2.45) is 0 Å². The van der Waals surface area contributed by atoms with Gasteiger partial charge in [-0.3, -0.25) is 9.10 Å². The van der Waals surface area contributed by atoms with Crippen molar-refractivity contribution in [3.05, 3.63) is 33.4 Å². The quantitative estimate of drug-likeness (QED) is 0.477. The van der Waals surface area contributed by atoms with Gasteiger partial charge in [0.1, 0.15) is 6.04 Å². The number of carbonyl (C=O) groups excluding carboxylic acids is 1. The van der Waals surface area contributed by atoms with E-state index >= 15 is 0 Å². The Labute approximate surface area is 113 Å². The first-order valence-corrected chi connectivity index (χ1v) is 7.10. The summed E-state index contributed by atoms with van der Waals surface area (Å²) in [7, 11) is 1.58. The van der Waals surface area contributed by atoms with E-state index in [1.807, 2.05) is 30.5 Å². The topological polar surface area (TPSA) is 29.5 Å². The summed E-state index contributed by atoms with van der Waals surface area (Å²) in [5, 5.41) is 0. The van der Waals surface area contributed by atoms with Crippen LogP contribution in [0.15, 0.2) is 24.3 Å². The maximum absolute atomic E-state index is 11.7. The second-order valence-corrected chi connectivity index (χ2v) is 5.50. The fraction of sp³-hybridized carbons (Fsp3) is 0.364. The normalized spacial score (nSPS) is 24.4. The molecule has 1 fully saturated rings. The molecule has 1 aliphatic rings. The molecular weight excluding hydrogens is 337 g/mol. The number of halogens is 1. The van der Waals surface area contributed by atoms with Crippen LogP contribution in [0.2, 0.25) is 0 Å². The van der Waals surface area contributed by atoms with Crippen molar-refractivity contribution in [2.45, 2.75) is 12.1 Å². The maximum Gasteiger partial charge on any atom is 0.264 e. The lowest BCUT2D eigenvalue weighted by Gasteiger charge is -2.44. The van der Waals surface area contributed by atoms with Crippen LogP contribution in [0.3, 0.4) is 0 Å². The Morgan fingerprint density at radius 1 is 1.38 bits per heavy atom. The summed E-state index contributed by atoms with van der Waals surface area (Å²) in [6.07, 6.45) is 1.58. The summed E-state index contributed by atoms with van der Waals surface area (Å²) in [6.45, 7) is 0. The van der Waals surface area contributed by atoms with Crippen LogP contribution in [-0.2, 0) is 9.53 Å². The van der Waals surface area contributed by atoms with Crippen LogP contribution in [-0.4, -0.2) is 29.7 Å². The first-order valence-electron chi connectivity index (χ1n) is 4.84. The summed E-state index contributed by atoms with van der Waals surface area (Å²) in [5.41, 5.74) is 1.13. The highest BCUT2D eigenvalue weighted by molar-refractivity contribution is 14.1. The van der Waals surface area contributed by atoms with Crippen molar-refractivity contribution >= 4 is 40.4 Å². The van der Waals surface area contributed by atoms with Gasteiger partial charge in [0, 0.05) is 16.9 Å². The lowest BCUT2D eigenvalue weighted by atomic mass is 9.94. The molecule has 1 amide bonds. The van der Waals surface area contributed by atoms with E-state index in [-0.39, 0.29) is 18.1 Å². The average Bonchev–Trinajstić information content (AvgIpc) is 2.28. The molecule has 0 bridgehead atoms. The number of carbonyl (C=O) groups is 1. The van der Waals surface area contributed by atoms with Crippen LogP contribution in [0.4, 0.5) is 0 Å². The molecule has 16 heavy (non-hydrogen) atoms. The molecule has 0 aliphatic carbocycles. The molecule has 0 radical (unpaired) electrons. The molecule has 1 heterocycles. The molecule has 1 aromatic carbocycles. The van der Waals surface area contributed by atoms with Crippen LogP contribution >= 0.6 is 34.5 Å². The number of hydrogen-bond donors (Lipinski definition) is 0. The van der Waals surface area contributed by atoms with Crippen LogP contribution in [0, 0.1) is 3.57 Å².